The minimum absolute atomic E-state index is 0.0371. The molecule has 0 aromatic rings. The highest BCUT2D eigenvalue weighted by Gasteiger charge is 2.72. The van der Waals surface area contributed by atoms with Crippen molar-refractivity contribution in [3.05, 3.63) is 0 Å². The van der Waals surface area contributed by atoms with E-state index in [1.54, 1.807) is 0 Å². The Balaban J connectivity index is 5.25. The quantitative estimate of drug-likeness (QED) is 0.591. The third-order valence-corrected chi connectivity index (χ3v) is 2.85. The van der Waals surface area contributed by atoms with Gasteiger partial charge in [-0.1, -0.05) is 6.92 Å². The molecule has 128 valence electrons. The van der Waals surface area contributed by atoms with Gasteiger partial charge in [-0.15, -0.1) is 0 Å². The first-order valence-corrected chi connectivity index (χ1v) is 5.43. The summed E-state index contributed by atoms with van der Waals surface area (Å²) in [7, 11) is 0. The van der Waals surface area contributed by atoms with Gasteiger partial charge in [0.25, 0.3) is 5.67 Å². The van der Waals surface area contributed by atoms with Crippen molar-refractivity contribution in [3.8, 4) is 0 Å². The molecule has 0 amide bonds. The van der Waals surface area contributed by atoms with Crippen LogP contribution in [0.3, 0.4) is 0 Å². The van der Waals surface area contributed by atoms with Crippen molar-refractivity contribution in [2.75, 3.05) is 0 Å². The van der Waals surface area contributed by atoms with Gasteiger partial charge in [-0.2, -0.15) is 39.5 Å². The smallest absolute Gasteiger partial charge is 0.234 e. The van der Waals surface area contributed by atoms with Crippen LogP contribution < -0.4 is 0 Å². The van der Waals surface area contributed by atoms with Gasteiger partial charge in [0.05, 0.1) is 0 Å². The van der Waals surface area contributed by atoms with Crippen molar-refractivity contribution in [2.24, 2.45) is 5.92 Å². The van der Waals surface area contributed by atoms with E-state index in [-0.39, 0.29) is 6.92 Å². The Labute approximate surface area is 112 Å². The summed E-state index contributed by atoms with van der Waals surface area (Å²) in [6.45, 7) is 0.444. The average Bonchev–Trinajstić information content (AvgIpc) is 2.10. The third-order valence-electron chi connectivity index (χ3n) is 2.85. The summed E-state index contributed by atoms with van der Waals surface area (Å²) in [5, 5.41) is 0. The Hall–Kier alpha value is -0.770. The van der Waals surface area contributed by atoms with E-state index in [2.05, 4.69) is 0 Å². The summed E-state index contributed by atoms with van der Waals surface area (Å²) in [6.07, 6.45) is -22.3. The molecule has 0 saturated heterocycles. The molecule has 0 fully saturated rings. The van der Waals surface area contributed by atoms with Crippen LogP contribution >= 0.6 is 0 Å². The van der Waals surface area contributed by atoms with Gasteiger partial charge in [0.2, 0.25) is 5.67 Å². The molecule has 0 radical (unpaired) electrons. The lowest BCUT2D eigenvalue weighted by molar-refractivity contribution is -0.346. The van der Waals surface area contributed by atoms with Crippen LogP contribution in [-0.2, 0) is 0 Å². The predicted molar refractivity (Wildman–Crippen MR) is 49.9 cm³/mol. The third kappa shape index (κ3) is 4.35. The largest absolute Gasteiger partial charge is 0.431 e. The van der Waals surface area contributed by atoms with E-state index >= 15 is 0 Å². The van der Waals surface area contributed by atoms with Crippen molar-refractivity contribution in [3.63, 3.8) is 0 Å². The van der Waals surface area contributed by atoms with Gasteiger partial charge in [-0.25, -0.2) is 8.78 Å². The first kappa shape index (κ1) is 20.2. The summed E-state index contributed by atoms with van der Waals surface area (Å²) in [6, 6.07) is 0. The number of hydrogen-bond acceptors (Lipinski definition) is 0. The fraction of sp³-hybridized carbons (Fsp3) is 1.00. The molecule has 0 aromatic heterocycles. The van der Waals surface area contributed by atoms with Crippen LogP contribution in [0.1, 0.15) is 26.7 Å². The molecule has 11 heteroatoms. The van der Waals surface area contributed by atoms with Crippen molar-refractivity contribution < 1.29 is 48.3 Å². The molecule has 0 aliphatic heterocycles. The minimum Gasteiger partial charge on any atom is -0.234 e. The van der Waals surface area contributed by atoms with Gasteiger partial charge in [0, 0.05) is 6.42 Å². The number of halogens is 11. The Morgan fingerprint density at radius 1 is 0.619 bits per heavy atom. The van der Waals surface area contributed by atoms with E-state index in [9.17, 15) is 48.3 Å². The van der Waals surface area contributed by atoms with Crippen LogP contribution in [0.25, 0.3) is 0 Å². The van der Waals surface area contributed by atoms with Gasteiger partial charge in [-0.3, -0.25) is 0 Å². The molecule has 2 unspecified atom stereocenters. The second-order valence-electron chi connectivity index (χ2n) is 5.01. The lowest BCUT2D eigenvalue weighted by atomic mass is 9.85. The molecule has 0 N–H and O–H groups in total. The average molecular weight is 340 g/mol. The number of hydrogen-bond donors (Lipinski definition) is 0. The van der Waals surface area contributed by atoms with E-state index in [1.807, 2.05) is 0 Å². The highest BCUT2D eigenvalue weighted by molar-refractivity contribution is 4.97. The summed E-state index contributed by atoms with van der Waals surface area (Å²) in [4.78, 5) is 0. The summed E-state index contributed by atoms with van der Waals surface area (Å²) < 4.78 is 136. The molecular formula is C10H11F11. The molecule has 0 nitrogen and oxygen atoms in total. The standard InChI is InChI=1S/C10H11F11/c1-5(3-6(2,11)8(13,14)15)4-7(12,9(16,17)18)10(19,20)21/h5H,3-4H2,1-2H3. The van der Waals surface area contributed by atoms with Crippen LogP contribution in [0.2, 0.25) is 0 Å². The lowest BCUT2D eigenvalue weighted by Crippen LogP contribution is -2.54. The maximum atomic E-state index is 13.3. The second-order valence-corrected chi connectivity index (χ2v) is 5.01. The van der Waals surface area contributed by atoms with Gasteiger partial charge >= 0.3 is 18.5 Å². The maximum absolute atomic E-state index is 13.3. The highest BCUT2D eigenvalue weighted by Crippen LogP contribution is 2.51. The topological polar surface area (TPSA) is 0 Å². The van der Waals surface area contributed by atoms with Crippen LogP contribution in [0, 0.1) is 5.92 Å². The van der Waals surface area contributed by atoms with Crippen LogP contribution in [0.5, 0.6) is 0 Å². The maximum Gasteiger partial charge on any atom is 0.431 e. The molecule has 0 aliphatic rings. The Kier molecular flexibility index (Phi) is 5.25. The summed E-state index contributed by atoms with van der Waals surface area (Å²) >= 11 is 0. The number of rotatable bonds is 4. The van der Waals surface area contributed by atoms with Crippen molar-refractivity contribution in [1.29, 1.82) is 0 Å². The molecule has 0 aromatic carbocycles. The van der Waals surface area contributed by atoms with Crippen LogP contribution in [0.15, 0.2) is 0 Å². The van der Waals surface area contributed by atoms with Crippen molar-refractivity contribution >= 4 is 0 Å². The van der Waals surface area contributed by atoms with Crippen LogP contribution in [-0.4, -0.2) is 29.9 Å². The Morgan fingerprint density at radius 3 is 1.19 bits per heavy atom. The Morgan fingerprint density at radius 2 is 0.952 bits per heavy atom. The monoisotopic (exact) mass is 340 g/mol. The molecular weight excluding hydrogens is 329 g/mol. The van der Waals surface area contributed by atoms with E-state index in [1.165, 1.54) is 0 Å². The molecule has 0 bridgehead atoms. The highest BCUT2D eigenvalue weighted by atomic mass is 19.4. The zero-order chi connectivity index (χ0) is 17.5. The Bertz CT molecular complexity index is 331. The summed E-state index contributed by atoms with van der Waals surface area (Å²) in [5.74, 6) is -2.16. The fourth-order valence-corrected chi connectivity index (χ4v) is 1.71. The lowest BCUT2D eigenvalue weighted by Gasteiger charge is -2.34. The van der Waals surface area contributed by atoms with E-state index in [4.69, 9.17) is 0 Å². The number of alkyl halides is 11. The normalized spacial score (nSPS) is 19.3. The van der Waals surface area contributed by atoms with Crippen molar-refractivity contribution in [1.82, 2.24) is 0 Å². The zero-order valence-electron chi connectivity index (χ0n) is 10.6. The molecule has 0 saturated carbocycles. The zero-order valence-corrected chi connectivity index (χ0v) is 10.6. The minimum atomic E-state index is -6.37. The fourth-order valence-electron chi connectivity index (χ4n) is 1.71. The van der Waals surface area contributed by atoms with Crippen molar-refractivity contribution in [2.45, 2.75) is 56.6 Å². The molecule has 2 atom stereocenters. The van der Waals surface area contributed by atoms with Crippen LogP contribution in [0.4, 0.5) is 48.3 Å². The molecule has 0 aliphatic carbocycles. The predicted octanol–water partition coefficient (Wildman–Crippen LogP) is 5.53. The molecule has 0 spiro atoms. The first-order valence-electron chi connectivity index (χ1n) is 5.43. The van der Waals surface area contributed by atoms with E-state index in [0.717, 1.165) is 0 Å². The summed E-state index contributed by atoms with van der Waals surface area (Å²) in [5.41, 5.74) is -9.72. The first-order chi connectivity index (χ1) is 8.85. The van der Waals surface area contributed by atoms with Gasteiger partial charge in [0.15, 0.2) is 0 Å². The molecule has 0 rings (SSSR count). The molecule has 0 heterocycles. The van der Waals surface area contributed by atoms with Gasteiger partial charge in [-0.05, 0) is 19.3 Å². The SMILES string of the molecule is CC(CC(C)(F)C(F)(F)F)CC(F)(C(F)(F)F)C(F)(F)F. The molecule has 21 heavy (non-hydrogen) atoms. The van der Waals surface area contributed by atoms with E-state index < -0.39 is 48.6 Å². The second kappa shape index (κ2) is 5.45. The van der Waals surface area contributed by atoms with Gasteiger partial charge < -0.3 is 0 Å². The van der Waals surface area contributed by atoms with E-state index in [0.29, 0.717) is 6.92 Å². The van der Waals surface area contributed by atoms with Gasteiger partial charge in [0.1, 0.15) is 0 Å².